The molecule has 4 rings (SSSR count). The van der Waals surface area contributed by atoms with Gasteiger partial charge in [-0.05, 0) is 23.8 Å². The molecule has 41 heavy (non-hydrogen) atoms. The first-order chi connectivity index (χ1) is 19.2. The molecule has 1 saturated heterocycles. The Bertz CT molecular complexity index is 1530. The van der Waals surface area contributed by atoms with Crippen LogP contribution >= 0.6 is 0 Å². The molecule has 3 heterocycles. The van der Waals surface area contributed by atoms with Crippen LogP contribution in [0.4, 0.5) is 17.6 Å². The fourth-order valence-electron chi connectivity index (χ4n) is 4.19. The number of aromatic nitrogens is 3. The van der Waals surface area contributed by atoms with Gasteiger partial charge in [0, 0.05) is 31.0 Å². The number of amides is 2. The summed E-state index contributed by atoms with van der Waals surface area (Å²) in [5.74, 6) is -2.11. The summed E-state index contributed by atoms with van der Waals surface area (Å²) in [6, 6.07) is 6.15. The van der Waals surface area contributed by atoms with Crippen LogP contribution in [-0.4, -0.2) is 77.9 Å². The average Bonchev–Trinajstić information content (AvgIpc) is 3.32. The number of benzene rings is 1. The van der Waals surface area contributed by atoms with Crippen molar-refractivity contribution in [1.29, 1.82) is 0 Å². The molecule has 11 nitrogen and oxygen atoms in total. The zero-order chi connectivity index (χ0) is 29.9. The van der Waals surface area contributed by atoms with Gasteiger partial charge in [-0.1, -0.05) is 12.1 Å². The predicted octanol–water partition coefficient (Wildman–Crippen LogP) is 2.51. The average molecular weight is 600 g/mol. The molecule has 1 aliphatic rings. The van der Waals surface area contributed by atoms with Gasteiger partial charge in [0.2, 0.25) is 5.91 Å². The van der Waals surface area contributed by atoms with Crippen molar-refractivity contribution in [1.82, 2.24) is 19.7 Å². The molecule has 16 heteroatoms. The van der Waals surface area contributed by atoms with Crippen LogP contribution in [0.15, 0.2) is 48.9 Å². The Balaban J connectivity index is 1.38. The number of sulfone groups is 1. The maximum Gasteiger partial charge on any atom is 0.573 e. The van der Waals surface area contributed by atoms with E-state index in [4.69, 9.17) is 10.5 Å². The quantitative estimate of drug-likeness (QED) is 0.369. The fraction of sp³-hybridized carbons (Fsp3) is 0.360. The zero-order valence-corrected chi connectivity index (χ0v) is 22.4. The van der Waals surface area contributed by atoms with E-state index in [0.29, 0.717) is 11.1 Å². The summed E-state index contributed by atoms with van der Waals surface area (Å²) < 4.78 is 85.8. The first-order valence-electron chi connectivity index (χ1n) is 12.1. The van der Waals surface area contributed by atoms with Crippen molar-refractivity contribution in [2.45, 2.75) is 37.4 Å². The van der Waals surface area contributed by atoms with Gasteiger partial charge in [0.15, 0.2) is 21.8 Å². The normalized spacial score (nSPS) is 17.7. The number of alkyl halides is 4. The molecular weight excluding hydrogens is 574 g/mol. The molecule has 1 aromatic carbocycles. The minimum Gasteiger partial charge on any atom is -0.485 e. The van der Waals surface area contributed by atoms with Crippen molar-refractivity contribution in [3.63, 3.8) is 0 Å². The van der Waals surface area contributed by atoms with E-state index in [-0.39, 0.29) is 48.8 Å². The second kappa shape index (κ2) is 11.7. The van der Waals surface area contributed by atoms with Crippen LogP contribution in [0.2, 0.25) is 0 Å². The van der Waals surface area contributed by atoms with Gasteiger partial charge in [0.05, 0.1) is 36.6 Å². The largest absolute Gasteiger partial charge is 0.573 e. The Morgan fingerprint density at radius 2 is 1.88 bits per heavy atom. The van der Waals surface area contributed by atoms with Crippen LogP contribution in [-0.2, 0) is 26.9 Å². The number of primary amides is 1. The standard InChI is InChI=1S/C25H25F4N5O6S/c1-41(37,38)14-34-12-16(10-32-34)20-9-18(24(30)36)22(11-31-20)39-21-6-7-33(13-19(21)26)23(35)8-15-2-4-17(5-3-15)40-25(27,28)29/h2-5,9-12,19,21H,6-8,13-14H2,1H3,(H2,30,36)/t19-,21+/m0/s1. The van der Waals surface area contributed by atoms with Crippen molar-refractivity contribution in [3.8, 4) is 22.8 Å². The summed E-state index contributed by atoms with van der Waals surface area (Å²) in [7, 11) is -3.34. The molecule has 0 unspecified atom stereocenters. The molecule has 0 spiro atoms. The van der Waals surface area contributed by atoms with Crippen LogP contribution in [0.5, 0.6) is 11.5 Å². The Hall–Kier alpha value is -4.21. The third kappa shape index (κ3) is 8.15. The van der Waals surface area contributed by atoms with Crippen LogP contribution in [0, 0.1) is 0 Å². The Labute approximate surface area is 231 Å². The summed E-state index contributed by atoms with van der Waals surface area (Å²) in [4.78, 5) is 30.3. The third-order valence-corrected chi connectivity index (χ3v) is 6.79. The van der Waals surface area contributed by atoms with Crippen molar-refractivity contribution in [2.75, 3.05) is 19.3 Å². The highest BCUT2D eigenvalue weighted by molar-refractivity contribution is 7.89. The van der Waals surface area contributed by atoms with E-state index in [0.717, 1.165) is 18.4 Å². The van der Waals surface area contributed by atoms with Crippen molar-refractivity contribution < 1.29 is 45.0 Å². The van der Waals surface area contributed by atoms with Crippen molar-refractivity contribution in [3.05, 3.63) is 60.0 Å². The molecule has 2 amide bonds. The summed E-state index contributed by atoms with van der Waals surface area (Å²) in [5, 5.41) is 3.96. The van der Waals surface area contributed by atoms with E-state index in [1.54, 1.807) is 0 Å². The Morgan fingerprint density at radius 3 is 2.49 bits per heavy atom. The SMILES string of the molecule is CS(=O)(=O)Cn1cc(-c2cc(C(N)=O)c(O[C@@H]3CCN(C(=O)Cc4ccc(OC(F)(F)F)cc4)C[C@@H]3F)cn2)cn1. The number of hydrogen-bond donors (Lipinski definition) is 1. The number of piperidine rings is 1. The minimum atomic E-state index is -4.83. The van der Waals surface area contributed by atoms with E-state index in [9.17, 15) is 31.2 Å². The number of nitrogens with two attached hydrogens (primary N) is 1. The second-order valence-corrected chi connectivity index (χ2v) is 11.5. The number of ether oxygens (including phenoxy) is 2. The van der Waals surface area contributed by atoms with E-state index < -0.39 is 46.0 Å². The molecule has 0 aliphatic carbocycles. The second-order valence-electron chi connectivity index (χ2n) is 9.42. The summed E-state index contributed by atoms with van der Waals surface area (Å²) in [6.45, 7) is -0.161. The maximum absolute atomic E-state index is 15.1. The number of rotatable bonds is 9. The number of nitrogens with zero attached hydrogens (tertiary/aromatic N) is 4. The van der Waals surface area contributed by atoms with Gasteiger partial charge >= 0.3 is 6.36 Å². The topological polar surface area (TPSA) is 147 Å². The lowest BCUT2D eigenvalue weighted by Crippen LogP contribution is -2.49. The third-order valence-electron chi connectivity index (χ3n) is 6.05. The van der Waals surface area contributed by atoms with Gasteiger partial charge in [-0.25, -0.2) is 12.8 Å². The molecule has 3 aromatic rings. The highest BCUT2D eigenvalue weighted by Crippen LogP contribution is 2.28. The van der Waals surface area contributed by atoms with Gasteiger partial charge in [-0.2, -0.15) is 5.10 Å². The molecule has 0 saturated carbocycles. The predicted molar refractivity (Wildman–Crippen MR) is 136 cm³/mol. The molecule has 2 aromatic heterocycles. The minimum absolute atomic E-state index is 0.0571. The fourth-order valence-corrected chi connectivity index (χ4v) is 4.82. The van der Waals surface area contributed by atoms with E-state index >= 15 is 4.39 Å². The number of carbonyl (C=O) groups is 2. The Kier molecular flexibility index (Phi) is 8.51. The highest BCUT2D eigenvalue weighted by atomic mass is 32.2. The number of carbonyl (C=O) groups excluding carboxylic acids is 2. The molecule has 1 aliphatic heterocycles. The lowest BCUT2D eigenvalue weighted by atomic mass is 10.0. The van der Waals surface area contributed by atoms with Crippen molar-refractivity contribution in [2.24, 2.45) is 5.73 Å². The highest BCUT2D eigenvalue weighted by Gasteiger charge is 2.34. The monoisotopic (exact) mass is 599 g/mol. The van der Waals surface area contributed by atoms with Gasteiger partial charge < -0.3 is 20.1 Å². The van der Waals surface area contributed by atoms with E-state index in [2.05, 4.69) is 14.8 Å². The van der Waals surface area contributed by atoms with Crippen LogP contribution in [0.25, 0.3) is 11.3 Å². The lowest BCUT2D eigenvalue weighted by Gasteiger charge is -2.35. The lowest BCUT2D eigenvalue weighted by molar-refractivity contribution is -0.274. The van der Waals surface area contributed by atoms with Gasteiger partial charge in [0.1, 0.15) is 17.7 Å². The first kappa shape index (κ1) is 29.8. The first-order valence-corrected chi connectivity index (χ1v) is 14.2. The van der Waals surface area contributed by atoms with Crippen molar-refractivity contribution >= 4 is 21.7 Å². The summed E-state index contributed by atoms with van der Waals surface area (Å²) >= 11 is 0. The maximum atomic E-state index is 15.1. The molecule has 2 N–H and O–H groups in total. The molecule has 2 atom stereocenters. The van der Waals surface area contributed by atoms with Crippen LogP contribution in [0.1, 0.15) is 22.3 Å². The number of halogens is 4. The number of likely N-dealkylation sites (tertiary alicyclic amines) is 1. The smallest absolute Gasteiger partial charge is 0.485 e. The van der Waals surface area contributed by atoms with Gasteiger partial charge in [-0.3, -0.25) is 19.3 Å². The van der Waals surface area contributed by atoms with E-state index in [1.165, 1.54) is 46.4 Å². The summed E-state index contributed by atoms with van der Waals surface area (Å²) in [6.07, 6.45) is -2.46. The van der Waals surface area contributed by atoms with Crippen LogP contribution < -0.4 is 15.2 Å². The molecule has 0 bridgehead atoms. The van der Waals surface area contributed by atoms with Crippen LogP contribution in [0.3, 0.4) is 0 Å². The van der Waals surface area contributed by atoms with Gasteiger partial charge in [-0.15, -0.1) is 13.2 Å². The van der Waals surface area contributed by atoms with E-state index in [1.807, 2.05) is 0 Å². The number of pyridine rings is 1. The zero-order valence-electron chi connectivity index (χ0n) is 21.5. The summed E-state index contributed by atoms with van der Waals surface area (Å²) in [5.41, 5.74) is 6.54. The molecule has 0 radical (unpaired) electrons. The molecular formula is C25H25F4N5O6S. The molecule has 220 valence electrons. The molecule has 1 fully saturated rings. The Morgan fingerprint density at radius 1 is 1.17 bits per heavy atom. The number of hydrogen-bond acceptors (Lipinski definition) is 8. The van der Waals surface area contributed by atoms with Gasteiger partial charge in [0.25, 0.3) is 5.91 Å².